The van der Waals surface area contributed by atoms with Crippen LogP contribution in [0.2, 0.25) is 0 Å². The van der Waals surface area contributed by atoms with E-state index in [4.69, 9.17) is 14.5 Å². The predicted octanol–water partition coefficient (Wildman–Crippen LogP) is 3.18. The third-order valence-electron chi connectivity index (χ3n) is 5.91. The second-order valence-electron chi connectivity index (χ2n) is 8.38. The highest BCUT2D eigenvalue weighted by molar-refractivity contribution is 7.13. The Morgan fingerprint density at radius 2 is 2.03 bits per heavy atom. The number of carbonyl (C=O) groups is 2. The fourth-order valence-electron chi connectivity index (χ4n) is 4.06. The van der Waals surface area contributed by atoms with E-state index in [1.54, 1.807) is 25.2 Å². The summed E-state index contributed by atoms with van der Waals surface area (Å²) in [5.74, 6) is 0.337. The Bertz CT molecular complexity index is 1210. The van der Waals surface area contributed by atoms with E-state index in [9.17, 15) is 9.59 Å². The molecule has 1 saturated heterocycles. The molecule has 0 radical (unpaired) electrons. The number of amides is 2. The van der Waals surface area contributed by atoms with Crippen LogP contribution in [0, 0.1) is 0 Å². The molecule has 34 heavy (non-hydrogen) atoms. The van der Waals surface area contributed by atoms with Crippen molar-refractivity contribution in [3.8, 4) is 16.3 Å². The Kier molecular flexibility index (Phi) is 6.57. The van der Waals surface area contributed by atoms with Crippen LogP contribution in [0.1, 0.15) is 11.3 Å². The third-order valence-corrected chi connectivity index (χ3v) is 6.85. The minimum Gasteiger partial charge on any atom is -0.482 e. The van der Waals surface area contributed by atoms with Crippen LogP contribution in [0.15, 0.2) is 47.8 Å². The Balaban J connectivity index is 1.22. The molecule has 2 aromatic carbocycles. The number of morpholine rings is 1. The summed E-state index contributed by atoms with van der Waals surface area (Å²) in [4.78, 5) is 33.1. The minimum atomic E-state index is -0.163. The lowest BCUT2D eigenvalue weighted by Gasteiger charge is -2.26. The molecule has 0 saturated carbocycles. The van der Waals surface area contributed by atoms with E-state index < -0.39 is 0 Å². The Morgan fingerprint density at radius 1 is 1.18 bits per heavy atom. The van der Waals surface area contributed by atoms with Gasteiger partial charge in [0.25, 0.3) is 5.91 Å². The minimum absolute atomic E-state index is 0.0253. The fraction of sp³-hybridized carbons (Fsp3) is 0.320. The van der Waals surface area contributed by atoms with Crippen molar-refractivity contribution in [1.82, 2.24) is 9.88 Å². The molecule has 0 atom stereocenters. The molecule has 1 fully saturated rings. The number of nitrogens with one attached hydrogen (secondary N) is 1. The molecule has 5 rings (SSSR count). The van der Waals surface area contributed by atoms with Gasteiger partial charge in [0.1, 0.15) is 10.8 Å². The number of aromatic nitrogens is 1. The highest BCUT2D eigenvalue weighted by Gasteiger charge is 2.22. The van der Waals surface area contributed by atoms with Crippen molar-refractivity contribution in [2.24, 2.45) is 0 Å². The van der Waals surface area contributed by atoms with Crippen molar-refractivity contribution < 1.29 is 19.1 Å². The Hall–Kier alpha value is -3.27. The van der Waals surface area contributed by atoms with Crippen LogP contribution in [0.5, 0.6) is 5.75 Å². The summed E-state index contributed by atoms with van der Waals surface area (Å²) in [6.07, 6.45) is 0.173. The summed E-state index contributed by atoms with van der Waals surface area (Å²) in [7, 11) is 1.70. The number of nitrogens with zero attached hydrogens (tertiary/aromatic N) is 3. The highest BCUT2D eigenvalue weighted by atomic mass is 32.1. The van der Waals surface area contributed by atoms with Gasteiger partial charge in [-0.05, 0) is 29.8 Å². The van der Waals surface area contributed by atoms with Crippen LogP contribution in [-0.2, 0) is 27.3 Å². The van der Waals surface area contributed by atoms with Gasteiger partial charge in [-0.1, -0.05) is 18.2 Å². The molecular weight excluding hydrogens is 452 g/mol. The SMILES string of the molecule is CN1C(=O)COc2ccc(NC(=O)Cc3csc(-c4cccc(CN5CCOCC5)c4)n3)cc21. The van der Waals surface area contributed by atoms with Gasteiger partial charge in [0.15, 0.2) is 6.61 Å². The van der Waals surface area contributed by atoms with Gasteiger partial charge >= 0.3 is 0 Å². The quantitative estimate of drug-likeness (QED) is 0.586. The molecule has 2 amide bonds. The number of benzene rings is 2. The lowest BCUT2D eigenvalue weighted by atomic mass is 10.1. The van der Waals surface area contributed by atoms with Gasteiger partial charge in [-0.2, -0.15) is 0 Å². The third kappa shape index (κ3) is 5.11. The maximum Gasteiger partial charge on any atom is 0.264 e. The lowest BCUT2D eigenvalue weighted by molar-refractivity contribution is -0.121. The van der Waals surface area contributed by atoms with E-state index >= 15 is 0 Å². The number of anilines is 2. The van der Waals surface area contributed by atoms with Gasteiger partial charge in [-0.25, -0.2) is 4.98 Å². The summed E-state index contributed by atoms with van der Waals surface area (Å²) in [6, 6.07) is 13.7. The monoisotopic (exact) mass is 478 g/mol. The van der Waals surface area contributed by atoms with Crippen molar-refractivity contribution in [3.63, 3.8) is 0 Å². The van der Waals surface area contributed by atoms with Crippen LogP contribution in [0.25, 0.3) is 10.6 Å². The molecule has 1 aromatic heterocycles. The zero-order chi connectivity index (χ0) is 23.5. The smallest absolute Gasteiger partial charge is 0.264 e. The number of thiazole rings is 1. The van der Waals surface area contributed by atoms with Gasteiger partial charge in [-0.3, -0.25) is 14.5 Å². The van der Waals surface area contributed by atoms with Gasteiger partial charge < -0.3 is 19.7 Å². The highest BCUT2D eigenvalue weighted by Crippen LogP contribution is 2.33. The summed E-state index contributed by atoms with van der Waals surface area (Å²) in [5, 5.41) is 5.72. The average molecular weight is 479 g/mol. The molecular formula is C25H26N4O4S. The summed E-state index contributed by atoms with van der Waals surface area (Å²) in [6.45, 7) is 4.38. The van der Waals surface area contributed by atoms with E-state index in [1.807, 2.05) is 5.38 Å². The second kappa shape index (κ2) is 9.92. The standard InChI is InChI=1S/C25H26N4O4S/c1-28-21-12-19(5-6-22(21)33-15-24(28)31)26-23(30)13-20-16-34-25(27-20)18-4-2-3-17(11-18)14-29-7-9-32-10-8-29/h2-6,11-12,16H,7-10,13-15H2,1H3,(H,26,30). The van der Waals surface area contributed by atoms with E-state index in [0.717, 1.165) is 49.1 Å². The second-order valence-corrected chi connectivity index (χ2v) is 9.24. The van der Waals surface area contributed by atoms with Crippen molar-refractivity contribution in [1.29, 1.82) is 0 Å². The maximum absolute atomic E-state index is 12.6. The number of fused-ring (bicyclic) bond motifs is 1. The van der Waals surface area contributed by atoms with Crippen LogP contribution >= 0.6 is 11.3 Å². The fourth-order valence-corrected chi connectivity index (χ4v) is 4.88. The van der Waals surface area contributed by atoms with Crippen molar-refractivity contribution >= 4 is 34.5 Å². The van der Waals surface area contributed by atoms with Gasteiger partial charge in [0, 0.05) is 43.3 Å². The summed E-state index contributed by atoms with van der Waals surface area (Å²) < 4.78 is 10.9. The molecule has 9 heteroatoms. The predicted molar refractivity (Wildman–Crippen MR) is 131 cm³/mol. The molecule has 3 heterocycles. The molecule has 0 bridgehead atoms. The van der Waals surface area contributed by atoms with Crippen LogP contribution < -0.4 is 15.0 Å². The van der Waals surface area contributed by atoms with Crippen LogP contribution in [0.4, 0.5) is 11.4 Å². The van der Waals surface area contributed by atoms with E-state index in [0.29, 0.717) is 17.1 Å². The lowest BCUT2D eigenvalue weighted by Crippen LogP contribution is -2.35. The number of hydrogen-bond donors (Lipinski definition) is 1. The van der Waals surface area contributed by atoms with Crippen LogP contribution in [0.3, 0.4) is 0 Å². The topological polar surface area (TPSA) is 84.0 Å². The first-order valence-corrected chi connectivity index (χ1v) is 12.1. The molecule has 0 unspecified atom stereocenters. The summed E-state index contributed by atoms with van der Waals surface area (Å²) in [5.41, 5.74) is 4.28. The first kappa shape index (κ1) is 22.5. The van der Waals surface area contributed by atoms with Crippen molar-refractivity contribution in [3.05, 3.63) is 59.1 Å². The van der Waals surface area contributed by atoms with E-state index in [-0.39, 0.29) is 24.8 Å². The molecule has 1 N–H and O–H groups in total. The molecule has 176 valence electrons. The molecule has 0 spiro atoms. The summed E-state index contributed by atoms with van der Waals surface area (Å²) >= 11 is 1.54. The number of rotatable bonds is 6. The largest absolute Gasteiger partial charge is 0.482 e. The van der Waals surface area contributed by atoms with Crippen LogP contribution in [-0.4, -0.2) is 61.7 Å². The van der Waals surface area contributed by atoms with E-state index in [1.165, 1.54) is 21.8 Å². The normalized spacial score (nSPS) is 16.1. The first-order chi connectivity index (χ1) is 16.5. The molecule has 2 aliphatic heterocycles. The maximum atomic E-state index is 12.6. The zero-order valence-electron chi connectivity index (χ0n) is 19.0. The number of carbonyl (C=O) groups excluding carboxylic acids is 2. The Morgan fingerprint density at radius 3 is 2.88 bits per heavy atom. The number of hydrogen-bond acceptors (Lipinski definition) is 7. The van der Waals surface area contributed by atoms with Crippen molar-refractivity contribution in [2.75, 3.05) is 50.2 Å². The van der Waals surface area contributed by atoms with E-state index in [2.05, 4.69) is 34.5 Å². The molecule has 2 aliphatic rings. The molecule has 8 nitrogen and oxygen atoms in total. The van der Waals surface area contributed by atoms with Gasteiger partial charge in [0.05, 0.1) is 31.0 Å². The zero-order valence-corrected chi connectivity index (χ0v) is 19.8. The van der Waals surface area contributed by atoms with Crippen molar-refractivity contribution in [2.45, 2.75) is 13.0 Å². The first-order valence-electron chi connectivity index (χ1n) is 11.2. The van der Waals surface area contributed by atoms with Gasteiger partial charge in [-0.15, -0.1) is 11.3 Å². The molecule has 3 aromatic rings. The van der Waals surface area contributed by atoms with Gasteiger partial charge in [0.2, 0.25) is 5.91 Å². The number of ether oxygens (including phenoxy) is 2. The average Bonchev–Trinajstić information content (AvgIpc) is 3.31. The molecule has 0 aliphatic carbocycles. The Labute approximate surface area is 202 Å². The number of likely N-dealkylation sites (N-methyl/N-ethyl adjacent to an activating group) is 1.